The molecule has 1 saturated heterocycles. The van der Waals surface area contributed by atoms with Crippen molar-refractivity contribution in [2.45, 2.75) is 32.2 Å². The summed E-state index contributed by atoms with van der Waals surface area (Å²) in [6.07, 6.45) is 3.05. The second kappa shape index (κ2) is 9.45. The summed E-state index contributed by atoms with van der Waals surface area (Å²) in [6.45, 7) is 4.79. The van der Waals surface area contributed by atoms with Gasteiger partial charge in [-0.3, -0.25) is 4.79 Å². The molecular weight excluding hydrogens is 372 g/mol. The molecule has 5 nitrogen and oxygen atoms in total. The van der Waals surface area contributed by atoms with E-state index in [2.05, 4.69) is 9.62 Å². The van der Waals surface area contributed by atoms with Crippen LogP contribution in [-0.2, 0) is 10.0 Å². The van der Waals surface area contributed by atoms with Gasteiger partial charge in [0.25, 0.3) is 0 Å². The van der Waals surface area contributed by atoms with Crippen molar-refractivity contribution in [3.05, 3.63) is 71.3 Å². The van der Waals surface area contributed by atoms with E-state index in [0.717, 1.165) is 25.2 Å². The molecule has 1 aliphatic rings. The molecule has 1 atom stereocenters. The maximum atomic E-state index is 12.6. The average Bonchev–Trinajstić information content (AvgIpc) is 3.21. The van der Waals surface area contributed by atoms with Gasteiger partial charge in [-0.2, -0.15) is 0 Å². The van der Waals surface area contributed by atoms with E-state index in [1.807, 2.05) is 31.2 Å². The van der Waals surface area contributed by atoms with E-state index in [1.165, 1.54) is 12.8 Å². The first-order valence-electron chi connectivity index (χ1n) is 9.87. The predicted octanol–water partition coefficient (Wildman–Crippen LogP) is 3.38. The van der Waals surface area contributed by atoms with Gasteiger partial charge in [0.2, 0.25) is 10.0 Å². The zero-order chi connectivity index (χ0) is 20.0. The van der Waals surface area contributed by atoms with Crippen molar-refractivity contribution in [1.29, 1.82) is 0 Å². The first kappa shape index (κ1) is 20.7. The number of nitrogens with one attached hydrogen (secondary N) is 1. The van der Waals surface area contributed by atoms with Gasteiger partial charge in [0.15, 0.2) is 5.78 Å². The lowest BCUT2D eigenvalue weighted by Crippen LogP contribution is -2.31. The Bertz CT molecular complexity index is 891. The Balaban J connectivity index is 1.60. The molecular formula is C22H28N2O3S. The molecule has 0 bridgehead atoms. The lowest BCUT2D eigenvalue weighted by Gasteiger charge is -2.17. The lowest BCUT2D eigenvalue weighted by atomic mass is 9.99. The van der Waals surface area contributed by atoms with Crippen molar-refractivity contribution >= 4 is 15.8 Å². The SMILES string of the molecule is CC(NS(=O)(=O)CCCN1CCCC1)c1cccc(C(=O)c2ccccc2)c1. The number of carbonyl (C=O) groups is 1. The van der Waals surface area contributed by atoms with E-state index in [9.17, 15) is 13.2 Å². The Labute approximate surface area is 167 Å². The van der Waals surface area contributed by atoms with Crippen molar-refractivity contribution in [3.8, 4) is 0 Å². The van der Waals surface area contributed by atoms with Crippen LogP contribution in [0.15, 0.2) is 54.6 Å². The van der Waals surface area contributed by atoms with Gasteiger partial charge in [0.05, 0.1) is 5.75 Å². The van der Waals surface area contributed by atoms with E-state index >= 15 is 0 Å². The molecule has 1 unspecified atom stereocenters. The van der Waals surface area contributed by atoms with Crippen LogP contribution < -0.4 is 4.72 Å². The van der Waals surface area contributed by atoms with Gasteiger partial charge in [-0.1, -0.05) is 48.5 Å². The van der Waals surface area contributed by atoms with Crippen molar-refractivity contribution in [2.75, 3.05) is 25.4 Å². The van der Waals surface area contributed by atoms with Crippen LogP contribution in [-0.4, -0.2) is 44.5 Å². The molecule has 1 aliphatic heterocycles. The maximum Gasteiger partial charge on any atom is 0.212 e. The predicted molar refractivity (Wildman–Crippen MR) is 112 cm³/mol. The van der Waals surface area contributed by atoms with Gasteiger partial charge in [0, 0.05) is 17.2 Å². The number of likely N-dealkylation sites (tertiary alicyclic amines) is 1. The van der Waals surface area contributed by atoms with Crippen molar-refractivity contribution < 1.29 is 13.2 Å². The Morgan fingerprint density at radius 2 is 1.71 bits per heavy atom. The first-order valence-corrected chi connectivity index (χ1v) is 11.5. The van der Waals surface area contributed by atoms with Crippen LogP contribution in [0.2, 0.25) is 0 Å². The summed E-state index contributed by atoms with van der Waals surface area (Å²) >= 11 is 0. The van der Waals surface area contributed by atoms with Crippen molar-refractivity contribution in [1.82, 2.24) is 9.62 Å². The highest BCUT2D eigenvalue weighted by molar-refractivity contribution is 7.89. The number of hydrogen-bond donors (Lipinski definition) is 1. The molecule has 3 rings (SSSR count). The minimum atomic E-state index is -3.37. The molecule has 28 heavy (non-hydrogen) atoms. The van der Waals surface area contributed by atoms with E-state index in [-0.39, 0.29) is 17.6 Å². The average molecular weight is 401 g/mol. The fraction of sp³-hybridized carbons (Fsp3) is 0.409. The van der Waals surface area contributed by atoms with Crippen LogP contribution in [0.5, 0.6) is 0 Å². The largest absolute Gasteiger partial charge is 0.303 e. The summed E-state index contributed by atoms with van der Waals surface area (Å²) in [5, 5.41) is 0. The number of sulfonamides is 1. The number of carbonyl (C=O) groups excluding carboxylic acids is 1. The topological polar surface area (TPSA) is 66.5 Å². The van der Waals surface area contributed by atoms with Crippen LogP contribution in [0.1, 0.15) is 53.7 Å². The third-order valence-electron chi connectivity index (χ3n) is 5.13. The Morgan fingerprint density at radius 1 is 1.04 bits per heavy atom. The fourth-order valence-electron chi connectivity index (χ4n) is 3.59. The standard InChI is InChI=1S/C22H28N2O3S/c1-18(23-28(26,27)16-8-15-24-13-5-6-14-24)20-11-7-12-21(17-20)22(25)19-9-3-2-4-10-19/h2-4,7,9-12,17-18,23H,5-6,8,13-16H2,1H3. The fourth-order valence-corrected chi connectivity index (χ4v) is 4.89. The summed E-state index contributed by atoms with van der Waals surface area (Å²) in [4.78, 5) is 14.9. The van der Waals surface area contributed by atoms with Gasteiger partial charge in [0.1, 0.15) is 0 Å². The Morgan fingerprint density at radius 3 is 2.43 bits per heavy atom. The molecule has 0 saturated carbocycles. The smallest absolute Gasteiger partial charge is 0.212 e. The summed E-state index contributed by atoms with van der Waals surface area (Å²) in [5.41, 5.74) is 1.96. The quantitative estimate of drug-likeness (QED) is 0.655. The molecule has 1 N–H and O–H groups in total. The van der Waals surface area contributed by atoms with Crippen LogP contribution in [0.4, 0.5) is 0 Å². The first-order chi connectivity index (χ1) is 13.4. The van der Waals surface area contributed by atoms with Gasteiger partial charge in [-0.05, 0) is 57.5 Å². The van der Waals surface area contributed by atoms with E-state index in [0.29, 0.717) is 17.5 Å². The zero-order valence-corrected chi connectivity index (χ0v) is 17.1. The normalized spacial score (nSPS) is 16.2. The Hall–Kier alpha value is -2.02. The molecule has 0 aliphatic carbocycles. The molecule has 6 heteroatoms. The highest BCUT2D eigenvalue weighted by atomic mass is 32.2. The summed E-state index contributed by atoms with van der Waals surface area (Å²) in [7, 11) is -3.37. The third kappa shape index (κ3) is 5.74. The monoisotopic (exact) mass is 400 g/mol. The second-order valence-corrected chi connectivity index (χ2v) is 9.25. The molecule has 1 fully saturated rings. The second-order valence-electron chi connectivity index (χ2n) is 7.38. The molecule has 2 aromatic carbocycles. The van der Waals surface area contributed by atoms with Crippen molar-refractivity contribution in [3.63, 3.8) is 0 Å². The van der Waals surface area contributed by atoms with Crippen LogP contribution in [0, 0.1) is 0 Å². The van der Waals surface area contributed by atoms with Crippen LogP contribution in [0.25, 0.3) is 0 Å². The molecule has 0 spiro atoms. The van der Waals surface area contributed by atoms with Crippen LogP contribution in [0.3, 0.4) is 0 Å². The highest BCUT2D eigenvalue weighted by Gasteiger charge is 2.18. The minimum absolute atomic E-state index is 0.0666. The Kier molecular flexibility index (Phi) is 6.99. The van der Waals surface area contributed by atoms with E-state index in [4.69, 9.17) is 0 Å². The van der Waals surface area contributed by atoms with Crippen molar-refractivity contribution in [2.24, 2.45) is 0 Å². The molecule has 2 aromatic rings. The number of ketones is 1. The van der Waals surface area contributed by atoms with Gasteiger partial charge in [-0.15, -0.1) is 0 Å². The molecule has 0 amide bonds. The van der Waals surface area contributed by atoms with Crippen LogP contribution >= 0.6 is 0 Å². The number of nitrogens with zero attached hydrogens (tertiary/aromatic N) is 1. The van der Waals surface area contributed by atoms with Gasteiger partial charge < -0.3 is 4.90 Å². The van der Waals surface area contributed by atoms with Gasteiger partial charge >= 0.3 is 0 Å². The molecule has 0 radical (unpaired) electrons. The zero-order valence-electron chi connectivity index (χ0n) is 16.3. The molecule has 1 heterocycles. The number of benzene rings is 2. The summed E-state index contributed by atoms with van der Waals surface area (Å²) in [5.74, 6) is 0.0549. The number of rotatable bonds is 9. The lowest BCUT2D eigenvalue weighted by molar-refractivity contribution is 0.103. The third-order valence-corrected chi connectivity index (χ3v) is 6.67. The summed E-state index contributed by atoms with van der Waals surface area (Å²) < 4.78 is 27.6. The summed E-state index contributed by atoms with van der Waals surface area (Å²) in [6, 6.07) is 15.9. The van der Waals surface area contributed by atoms with Gasteiger partial charge in [-0.25, -0.2) is 13.1 Å². The van der Waals surface area contributed by atoms with E-state index < -0.39 is 10.0 Å². The maximum absolute atomic E-state index is 12.6. The molecule has 150 valence electrons. The molecule has 0 aromatic heterocycles. The minimum Gasteiger partial charge on any atom is -0.303 e. The number of hydrogen-bond acceptors (Lipinski definition) is 4. The highest BCUT2D eigenvalue weighted by Crippen LogP contribution is 2.18. The van der Waals surface area contributed by atoms with E-state index in [1.54, 1.807) is 30.3 Å².